The number of aryl methyl sites for hydroxylation is 1. The normalized spacial score (nSPS) is 12.0. The Morgan fingerprint density at radius 2 is 2.03 bits per heavy atom. The van der Waals surface area contributed by atoms with Gasteiger partial charge in [0.15, 0.2) is 10.8 Å². The number of aromatic nitrogens is 3. The van der Waals surface area contributed by atoms with Gasteiger partial charge in [-0.3, -0.25) is 14.4 Å². The molecule has 0 aliphatic rings. The van der Waals surface area contributed by atoms with E-state index in [1.54, 1.807) is 31.8 Å². The van der Waals surface area contributed by atoms with Gasteiger partial charge >= 0.3 is 12.1 Å². The lowest BCUT2D eigenvalue weighted by Gasteiger charge is -2.22. The minimum Gasteiger partial charge on any atom is -0.462 e. The van der Waals surface area contributed by atoms with Gasteiger partial charge < -0.3 is 4.74 Å². The summed E-state index contributed by atoms with van der Waals surface area (Å²) in [4.78, 5) is 28.7. The lowest BCUT2D eigenvalue weighted by Crippen LogP contribution is -2.35. The van der Waals surface area contributed by atoms with E-state index in [4.69, 9.17) is 4.74 Å². The maximum Gasteiger partial charge on any atom is 0.435 e. The van der Waals surface area contributed by atoms with Crippen LogP contribution in [0.1, 0.15) is 47.4 Å². The molecule has 0 atom stereocenters. The monoisotopic (exact) mass is 430 g/mol. The predicted octanol–water partition coefficient (Wildman–Crippen LogP) is 3.84. The van der Waals surface area contributed by atoms with Crippen LogP contribution in [0.4, 0.5) is 18.3 Å². The zero-order valence-electron chi connectivity index (χ0n) is 16.6. The quantitative estimate of drug-likeness (QED) is 0.514. The van der Waals surface area contributed by atoms with E-state index in [9.17, 15) is 22.8 Å². The number of carbonyl (C=O) groups is 2. The van der Waals surface area contributed by atoms with Crippen LogP contribution in [0.25, 0.3) is 6.08 Å². The Morgan fingerprint density at radius 1 is 1.38 bits per heavy atom. The number of anilines is 1. The molecule has 7 nitrogen and oxygen atoms in total. The van der Waals surface area contributed by atoms with Gasteiger partial charge in [0.1, 0.15) is 4.88 Å². The first kappa shape index (κ1) is 22.6. The Balaban J connectivity index is 2.43. The maximum absolute atomic E-state index is 13.4. The van der Waals surface area contributed by atoms with Crippen molar-refractivity contribution in [2.24, 2.45) is 7.05 Å². The lowest BCUT2D eigenvalue weighted by molar-refractivity contribution is -0.141. The number of rotatable bonds is 6. The Bertz CT molecular complexity index is 931. The topological polar surface area (TPSA) is 77.3 Å². The van der Waals surface area contributed by atoms with Gasteiger partial charge in [-0.15, -0.1) is 0 Å². The second kappa shape index (κ2) is 8.76. The summed E-state index contributed by atoms with van der Waals surface area (Å²) in [6, 6.07) is -0.496. The Kier molecular flexibility index (Phi) is 6.83. The number of hydrogen-bond acceptors (Lipinski definition) is 6. The van der Waals surface area contributed by atoms with Crippen molar-refractivity contribution < 1.29 is 27.5 Å². The van der Waals surface area contributed by atoms with Crippen LogP contribution in [0.3, 0.4) is 0 Å². The first-order chi connectivity index (χ1) is 13.5. The standard InChI is InChI=1S/C18H21F3N4O3S/c1-6-28-16(27)14-15(18(19,20)21)23-17(29-14)25(10(2)3)13(26)8-7-12-9-22-24(5)11(12)4/h7-10H,6H2,1-5H3/b8-7+. The molecule has 1 amide bonds. The Labute approximate surface area is 169 Å². The van der Waals surface area contributed by atoms with E-state index in [1.807, 2.05) is 6.92 Å². The van der Waals surface area contributed by atoms with Crippen molar-refractivity contribution in [1.29, 1.82) is 0 Å². The molecule has 29 heavy (non-hydrogen) atoms. The molecule has 158 valence electrons. The molecule has 0 spiro atoms. The van der Waals surface area contributed by atoms with Gasteiger partial charge in [-0.1, -0.05) is 11.3 Å². The maximum atomic E-state index is 13.4. The van der Waals surface area contributed by atoms with Gasteiger partial charge in [0.2, 0.25) is 0 Å². The molecule has 11 heteroatoms. The van der Waals surface area contributed by atoms with Crippen LogP contribution in [-0.2, 0) is 22.8 Å². The summed E-state index contributed by atoms with van der Waals surface area (Å²) in [7, 11) is 1.75. The van der Waals surface area contributed by atoms with Crippen molar-refractivity contribution in [2.75, 3.05) is 11.5 Å². The number of ether oxygens (including phenoxy) is 1. The van der Waals surface area contributed by atoms with Crippen molar-refractivity contribution in [3.63, 3.8) is 0 Å². The Hall–Kier alpha value is -2.69. The minimum atomic E-state index is -4.86. The van der Waals surface area contributed by atoms with Gasteiger partial charge in [0, 0.05) is 30.4 Å². The minimum absolute atomic E-state index is 0.0800. The van der Waals surface area contributed by atoms with E-state index in [1.165, 1.54) is 19.1 Å². The summed E-state index contributed by atoms with van der Waals surface area (Å²) in [6.07, 6.45) is -0.513. The summed E-state index contributed by atoms with van der Waals surface area (Å²) >= 11 is 0.477. The second-order valence-electron chi connectivity index (χ2n) is 6.34. The van der Waals surface area contributed by atoms with E-state index in [0.717, 1.165) is 10.6 Å². The average molecular weight is 430 g/mol. The first-order valence-corrected chi connectivity index (χ1v) is 9.54. The van der Waals surface area contributed by atoms with Crippen LogP contribution in [0.5, 0.6) is 0 Å². The first-order valence-electron chi connectivity index (χ1n) is 8.72. The molecule has 0 N–H and O–H groups in total. The van der Waals surface area contributed by atoms with Gasteiger partial charge in [-0.2, -0.15) is 18.3 Å². The predicted molar refractivity (Wildman–Crippen MR) is 103 cm³/mol. The Morgan fingerprint density at radius 3 is 2.52 bits per heavy atom. The summed E-state index contributed by atoms with van der Waals surface area (Å²) in [6.45, 7) is 6.50. The lowest BCUT2D eigenvalue weighted by atomic mass is 10.2. The average Bonchev–Trinajstić information content (AvgIpc) is 3.18. The van der Waals surface area contributed by atoms with Gasteiger partial charge in [-0.25, -0.2) is 9.78 Å². The fraction of sp³-hybridized carbons (Fsp3) is 0.444. The highest BCUT2D eigenvalue weighted by Gasteiger charge is 2.41. The molecule has 0 radical (unpaired) electrons. The van der Waals surface area contributed by atoms with Crippen LogP contribution in [0, 0.1) is 6.92 Å². The molecule has 2 aromatic rings. The van der Waals surface area contributed by atoms with Gasteiger partial charge in [0.05, 0.1) is 12.8 Å². The molecule has 0 saturated heterocycles. The third kappa shape index (κ3) is 5.03. The number of alkyl halides is 3. The fourth-order valence-corrected chi connectivity index (χ4v) is 3.55. The van der Waals surface area contributed by atoms with Crippen LogP contribution in [-0.4, -0.2) is 39.3 Å². The SMILES string of the molecule is CCOC(=O)c1sc(N(C(=O)/C=C/c2cnn(C)c2C)C(C)C)nc1C(F)(F)F. The molecule has 0 aliphatic heterocycles. The number of halogens is 3. The third-order valence-corrected chi connectivity index (χ3v) is 5.02. The molecule has 0 fully saturated rings. The molecule has 2 heterocycles. The molecule has 0 aromatic carbocycles. The number of esters is 1. The number of thiazole rings is 1. The molecule has 2 aromatic heterocycles. The molecule has 0 aliphatic carbocycles. The van der Waals surface area contributed by atoms with Crippen molar-refractivity contribution >= 4 is 34.4 Å². The number of nitrogens with zero attached hydrogens (tertiary/aromatic N) is 4. The number of carbonyl (C=O) groups excluding carboxylic acids is 2. The van der Waals surface area contributed by atoms with Crippen molar-refractivity contribution in [3.8, 4) is 0 Å². The number of hydrogen-bond donors (Lipinski definition) is 0. The van der Waals surface area contributed by atoms with Gasteiger partial charge in [-0.05, 0) is 33.8 Å². The van der Waals surface area contributed by atoms with E-state index < -0.39 is 34.7 Å². The largest absolute Gasteiger partial charge is 0.462 e. The van der Waals surface area contributed by atoms with E-state index in [-0.39, 0.29) is 11.7 Å². The fourth-order valence-electron chi connectivity index (χ4n) is 2.43. The van der Waals surface area contributed by atoms with E-state index >= 15 is 0 Å². The van der Waals surface area contributed by atoms with Crippen LogP contribution in [0.15, 0.2) is 12.3 Å². The summed E-state index contributed by atoms with van der Waals surface area (Å²) < 4.78 is 46.4. The molecule has 0 unspecified atom stereocenters. The van der Waals surface area contributed by atoms with Crippen LogP contribution < -0.4 is 4.90 Å². The molecule has 0 bridgehead atoms. The highest BCUT2D eigenvalue weighted by Crippen LogP contribution is 2.38. The molecular weight excluding hydrogens is 409 g/mol. The highest BCUT2D eigenvalue weighted by atomic mass is 32.1. The smallest absolute Gasteiger partial charge is 0.435 e. The summed E-state index contributed by atoms with van der Waals surface area (Å²) in [5.41, 5.74) is 0.164. The van der Waals surface area contributed by atoms with Crippen LogP contribution in [0.2, 0.25) is 0 Å². The van der Waals surface area contributed by atoms with E-state index in [0.29, 0.717) is 16.9 Å². The zero-order valence-corrected chi connectivity index (χ0v) is 17.4. The number of amides is 1. The highest BCUT2D eigenvalue weighted by molar-refractivity contribution is 7.17. The van der Waals surface area contributed by atoms with Crippen molar-refractivity contribution in [1.82, 2.24) is 14.8 Å². The molecule has 0 saturated carbocycles. The van der Waals surface area contributed by atoms with E-state index in [2.05, 4.69) is 10.1 Å². The zero-order chi connectivity index (χ0) is 21.9. The third-order valence-electron chi connectivity index (χ3n) is 3.98. The van der Waals surface area contributed by atoms with Crippen LogP contribution >= 0.6 is 11.3 Å². The summed E-state index contributed by atoms with van der Waals surface area (Å²) in [5, 5.41) is 3.84. The van der Waals surface area contributed by atoms with Gasteiger partial charge in [0.25, 0.3) is 5.91 Å². The second-order valence-corrected chi connectivity index (χ2v) is 7.31. The molecular formula is C18H21F3N4O3S. The summed E-state index contributed by atoms with van der Waals surface area (Å²) in [5.74, 6) is -1.69. The van der Waals surface area contributed by atoms with Crippen molar-refractivity contribution in [3.05, 3.63) is 34.1 Å². The molecule has 2 rings (SSSR count). The van der Waals surface area contributed by atoms with Crippen molar-refractivity contribution in [2.45, 2.75) is 39.9 Å².